The van der Waals surface area contributed by atoms with Gasteiger partial charge in [0.15, 0.2) is 0 Å². The average molecular weight is 2070 g/mol. The first-order chi connectivity index (χ1) is 67.9. The molecule has 146 heavy (non-hydrogen) atoms. The van der Waals surface area contributed by atoms with Crippen LogP contribution in [0, 0.1) is 55.2 Å². The molecule has 8 rings (SSSR count). The number of carboxylic acid groups (broad SMARTS) is 7. The second-order valence-electron chi connectivity index (χ2n) is 47.3. The highest BCUT2D eigenvalue weighted by atomic mass is 16.4. The summed E-state index contributed by atoms with van der Waals surface area (Å²) in [5.41, 5.74) is 29.6. The number of rotatable bonds is 54. The highest BCUT2D eigenvalue weighted by Gasteiger charge is 2.52. The van der Waals surface area contributed by atoms with Crippen molar-refractivity contribution in [2.45, 2.75) is 502 Å². The van der Waals surface area contributed by atoms with Crippen molar-refractivity contribution in [3.63, 3.8) is 0 Å². The number of aliphatic carboxylic acids is 7. The summed E-state index contributed by atoms with van der Waals surface area (Å²) in [5.74, 6) is -5.95. The normalized spacial score (nSPS) is 27.2. The van der Waals surface area contributed by atoms with E-state index in [9.17, 15) is 118 Å². The van der Waals surface area contributed by atoms with Gasteiger partial charge in [-0.15, -0.1) is 0 Å². The Morgan fingerprint density at radius 3 is 0.692 bits per heavy atom. The van der Waals surface area contributed by atoms with E-state index in [4.69, 9.17) is 44.5 Å². The van der Waals surface area contributed by atoms with Crippen LogP contribution in [0.1, 0.15) is 338 Å². The molecule has 0 spiro atoms. The van der Waals surface area contributed by atoms with Gasteiger partial charge in [0.05, 0.1) is 68.1 Å². The van der Waals surface area contributed by atoms with E-state index in [1.807, 2.05) is 48.5 Å². The van der Waals surface area contributed by atoms with E-state index in [1.165, 1.54) is 0 Å². The van der Waals surface area contributed by atoms with Crippen molar-refractivity contribution < 1.29 is 128 Å². The van der Waals surface area contributed by atoms with E-state index in [-0.39, 0.29) is 144 Å². The minimum absolute atomic E-state index is 0.0165. The number of hydrogen-bond acceptors (Lipinski definition) is 26. The van der Waals surface area contributed by atoms with Crippen LogP contribution in [0.15, 0.2) is 0 Å². The van der Waals surface area contributed by atoms with E-state index in [2.05, 4.69) is 31.9 Å². The fraction of sp³-hybridized carbons (Fsp3) is 0.881. The van der Waals surface area contributed by atoms with Gasteiger partial charge in [-0.25, -0.2) is 0 Å². The first kappa shape index (κ1) is 136. The Hall–Kier alpha value is -6.47. The van der Waals surface area contributed by atoms with Crippen LogP contribution in [0.4, 0.5) is 0 Å². The Labute approximate surface area is 874 Å². The molecule has 0 bridgehead atoms. The molecule has 0 aromatic heterocycles. The molecule has 836 valence electrons. The quantitative estimate of drug-likeness (QED) is 0.0199. The summed E-state index contributed by atoms with van der Waals surface area (Å²) in [6.07, 6.45) is 35.9. The molecule has 1 aliphatic heterocycles. The molecule has 0 aromatic carbocycles. The van der Waals surface area contributed by atoms with Gasteiger partial charge in [0, 0.05) is 42.3 Å². The van der Waals surface area contributed by atoms with Gasteiger partial charge in [0.25, 0.3) is 48.4 Å². The number of carbonyl (C=O) groups is 12. The largest absolute Gasteiger partial charge is 0.481 e. The van der Waals surface area contributed by atoms with Gasteiger partial charge in [0.1, 0.15) is 0 Å². The molecule has 7 aliphatic carbocycles. The molecule has 8 fully saturated rings. The number of amides is 5. The maximum atomic E-state index is 12.3. The zero-order valence-corrected chi connectivity index (χ0v) is 91.5. The van der Waals surface area contributed by atoms with Crippen LogP contribution in [0.25, 0.3) is 0 Å². The third-order valence-electron chi connectivity index (χ3n) is 32.0. The summed E-state index contributed by atoms with van der Waals surface area (Å²) in [4.78, 5) is 141. The van der Waals surface area contributed by atoms with Crippen molar-refractivity contribution in [2.75, 3.05) is 6.54 Å². The van der Waals surface area contributed by atoms with Crippen molar-refractivity contribution in [2.24, 2.45) is 89.6 Å². The smallest absolute Gasteiger partial charge is 0.309 e. The molecule has 0 radical (unpaired) electrons. The molecule has 7 saturated carbocycles. The lowest BCUT2D eigenvalue weighted by Gasteiger charge is -2.28. The average Bonchev–Trinajstić information content (AvgIpc) is 1.66. The van der Waals surface area contributed by atoms with Crippen molar-refractivity contribution in [3.05, 3.63) is 0 Å². The number of nitrogens with two attached hydrogens (primary N) is 6. The fourth-order valence-corrected chi connectivity index (χ4v) is 22.0. The predicted molar refractivity (Wildman–Crippen MR) is 578 cm³/mol. The van der Waals surface area contributed by atoms with Gasteiger partial charge < -0.3 is 137 Å². The lowest BCUT2D eigenvalue weighted by molar-refractivity contribution is -0.150. The van der Waals surface area contributed by atoms with Crippen LogP contribution < -0.4 is 66.3 Å². The summed E-state index contributed by atoms with van der Waals surface area (Å²) in [5, 5.41) is 149. The number of unbranched alkanes of at least 4 members (excludes halogenated alkanes) is 7. The summed E-state index contributed by atoms with van der Waals surface area (Å²) in [7, 11) is 0. The number of carboxylic acids is 7. The van der Waals surface area contributed by atoms with E-state index < -0.39 is 104 Å². The minimum atomic E-state index is -0.781. The Morgan fingerprint density at radius 1 is 0.308 bits per heavy atom. The first-order valence-electron chi connectivity index (χ1n) is 55.1. The standard InChI is InChI=1S/C17H33BN2O4.C16H29BN2O4.2C16H31BN2O4.C14H27BN2O4.2C11H22BNO3/c1-16(2,3)13(19)14(21)20-12-7-9-17(11-12,15(22)23)8-5-6-10-18(4)24;1-17(23)9-3-2-7-16(15(21)22)8-6-12(11-16)19-14(20)13-5-4-10-18-13;2*1-11(2)13(18)14(20)19-12-6-8-16(10-12,15(21)22)7-4-5-9-17(3)23;1-10(16)12(18)17-11-5-7-14(9-11,13(19)20)6-3-4-8-15(2)21;2*1-12(16)7-3-2-5-11(10(14)15)6-4-9(13)8-11/h12-13,24H,5-11,19H2,1-4H3,(H,20,21)(H,22,23);12-13,18,23H,2-11H2,1H3,(H,19,20)(H,21,22);2*11-13,23H,4-10,18H2,1-3H3,(H,19,20)(H,21,22);10-11,21H,3-9,16H2,1-2H3,(H,17,18)(H,19,20);2*9,16H,2-8,13H2,1H3,(H,14,15)/t12-,13-,17+;12-,13-,16+;12-,13+,16+;12-,13-,16+;10-,11-,14+;9-,11+;9-,11-/m0000000/s1. The van der Waals surface area contributed by atoms with Crippen molar-refractivity contribution in [3.8, 4) is 0 Å². The molecule has 45 heteroatoms. The second-order valence-corrected chi connectivity index (χ2v) is 47.3. The highest BCUT2D eigenvalue weighted by molar-refractivity contribution is 6.50. The Kier molecular flexibility index (Phi) is 61.7. The van der Waals surface area contributed by atoms with Gasteiger partial charge in [-0.05, 0) is 268 Å². The van der Waals surface area contributed by atoms with Crippen LogP contribution in [-0.2, 0) is 57.5 Å². The van der Waals surface area contributed by atoms with Crippen LogP contribution in [0.5, 0.6) is 0 Å². The lowest BCUT2D eigenvalue weighted by atomic mass is 9.66. The summed E-state index contributed by atoms with van der Waals surface area (Å²) < 4.78 is 0. The van der Waals surface area contributed by atoms with Crippen LogP contribution in [0.3, 0.4) is 0 Å². The monoisotopic (exact) mass is 2070 g/mol. The van der Waals surface area contributed by atoms with Gasteiger partial charge in [-0.2, -0.15) is 0 Å². The maximum Gasteiger partial charge on any atom is 0.309 e. The van der Waals surface area contributed by atoms with Crippen molar-refractivity contribution >= 4 is 120 Å². The number of nitrogens with one attached hydrogen (secondary N) is 6. The third kappa shape index (κ3) is 48.7. The molecule has 5 amide bonds. The van der Waals surface area contributed by atoms with Crippen LogP contribution >= 0.6 is 0 Å². The van der Waals surface area contributed by atoms with E-state index in [0.717, 1.165) is 141 Å². The summed E-state index contributed by atoms with van der Waals surface area (Å²) in [6, 6.07) is -2.78. The molecule has 1 saturated heterocycles. The molecule has 38 nitrogen and oxygen atoms in total. The molecular formula is C101H195B7N12O26. The van der Waals surface area contributed by atoms with E-state index in [0.29, 0.717) is 192 Å². The van der Waals surface area contributed by atoms with Gasteiger partial charge >= 0.3 is 41.8 Å². The van der Waals surface area contributed by atoms with Gasteiger partial charge in [-0.3, -0.25) is 57.5 Å². The molecular weight excluding hydrogens is 1870 g/mol. The molecule has 0 unspecified atom stereocenters. The zero-order valence-electron chi connectivity index (χ0n) is 91.5. The van der Waals surface area contributed by atoms with Crippen LogP contribution in [-0.4, -0.2) is 270 Å². The molecule has 32 N–H and O–H groups in total. The Balaban J connectivity index is 0.000000578. The lowest BCUT2D eigenvalue weighted by Crippen LogP contribution is -2.51. The molecule has 1 heterocycles. The minimum Gasteiger partial charge on any atom is -0.481 e. The van der Waals surface area contributed by atoms with E-state index >= 15 is 0 Å². The third-order valence-corrected chi connectivity index (χ3v) is 32.0. The van der Waals surface area contributed by atoms with Gasteiger partial charge in [0.2, 0.25) is 29.5 Å². The number of hydrogen-bond donors (Lipinski definition) is 26. The van der Waals surface area contributed by atoms with E-state index in [1.54, 1.807) is 54.7 Å². The van der Waals surface area contributed by atoms with Crippen molar-refractivity contribution in [1.29, 1.82) is 0 Å². The van der Waals surface area contributed by atoms with Gasteiger partial charge in [-0.1, -0.05) is 186 Å². The Morgan fingerprint density at radius 2 is 0.514 bits per heavy atom. The zero-order chi connectivity index (χ0) is 111. The number of carbonyl (C=O) groups excluding carboxylic acids is 5. The molecule has 8 aliphatic rings. The van der Waals surface area contributed by atoms with Crippen LogP contribution in [0.2, 0.25) is 92.0 Å². The Bertz CT molecular complexity index is 3710. The second kappa shape index (κ2) is 66.5. The summed E-state index contributed by atoms with van der Waals surface area (Å²) >= 11 is 0. The first-order valence-corrected chi connectivity index (χ1v) is 55.1. The predicted octanol–water partition coefficient (Wildman–Crippen LogP) is 9.69. The highest BCUT2D eigenvalue weighted by Crippen LogP contribution is 2.50. The summed E-state index contributed by atoms with van der Waals surface area (Å²) in [6.45, 7) is 25.8. The topological polar surface area (TPSA) is 716 Å². The molecule has 19 atom stereocenters. The molecule has 0 aromatic rings. The maximum absolute atomic E-state index is 12.3. The van der Waals surface area contributed by atoms with Crippen molar-refractivity contribution in [1.82, 2.24) is 31.9 Å². The fourth-order valence-electron chi connectivity index (χ4n) is 22.0. The SMILES string of the molecule is CB(O)CCCC[C@@]1(C(=O)O)CC[C@H](N)C1.CB(O)CCCC[C@@]1(C(=O)O)CC[C@H](NC(=O)[C@@H](N)C(C)C)C1.CB(O)CCCC[C@@]1(C(=O)O)CC[C@H](NC(=O)[C@@H]2CCCN2)C1.CB(O)CCCC[C@@]1(C(=O)O)CC[C@H](NC(=O)[C@H](C)N)C1.CB(O)CCCC[C@@]1(C(=O)O)CC[C@H](NC(=O)[C@H](N)C(C)(C)C)C1.CB(O)CCCC[C@@]1(C(=O)O)CC[C@H](NC(=O)[C@H](N)C(C)C)C1.CB(O)CCCC[C@]1(C(=O)O)CC[C@H](N)C1.